The van der Waals surface area contributed by atoms with Gasteiger partial charge in [-0.2, -0.15) is 0 Å². The zero-order chi connectivity index (χ0) is 37.0. The normalized spacial score (nSPS) is 27.9. The number of rotatable bonds is 18. The van der Waals surface area contributed by atoms with Crippen molar-refractivity contribution >= 4 is 27.7 Å². The Hall–Kier alpha value is -1.90. The standard InChI is InChI=1S/C36H65F2N5O6S/c1-6-14-42(15-7-2)36(47)28-20-27(21-31(22-28)50(48,49)41(4)5)34(45)39-32(19-25-17-29(37)23-30(38)18-25)33(44)24-43(16-8-3)40-35(46)26-12-10-9-11-13-26/h25-33,44H,6-24H2,1-5H3,(H,39,45)(H,40,46). The van der Waals surface area contributed by atoms with Gasteiger partial charge < -0.3 is 15.3 Å². The van der Waals surface area contributed by atoms with E-state index in [2.05, 4.69) is 10.7 Å². The van der Waals surface area contributed by atoms with Gasteiger partial charge in [0.05, 0.1) is 17.4 Å². The molecule has 7 unspecified atom stereocenters. The number of alkyl halides is 2. The van der Waals surface area contributed by atoms with Crippen LogP contribution in [0, 0.1) is 23.7 Å². The van der Waals surface area contributed by atoms with E-state index < -0.39 is 63.4 Å². The van der Waals surface area contributed by atoms with E-state index in [4.69, 9.17) is 0 Å². The fourth-order valence-corrected chi connectivity index (χ4v) is 9.78. The van der Waals surface area contributed by atoms with Crippen molar-refractivity contribution in [1.82, 2.24) is 25.0 Å². The van der Waals surface area contributed by atoms with Crippen molar-refractivity contribution in [3.8, 4) is 0 Å². The molecule has 3 aliphatic carbocycles. The van der Waals surface area contributed by atoms with Crippen LogP contribution in [-0.4, -0.2) is 115 Å². The van der Waals surface area contributed by atoms with Crippen molar-refractivity contribution in [3.05, 3.63) is 0 Å². The summed E-state index contributed by atoms with van der Waals surface area (Å²) in [6.45, 7) is 7.44. The van der Waals surface area contributed by atoms with Crippen molar-refractivity contribution in [2.24, 2.45) is 23.7 Å². The van der Waals surface area contributed by atoms with Crippen LogP contribution in [0.3, 0.4) is 0 Å². The van der Waals surface area contributed by atoms with Crippen LogP contribution in [0.4, 0.5) is 8.78 Å². The Bertz CT molecular complexity index is 1170. The highest BCUT2D eigenvalue weighted by atomic mass is 32.2. The zero-order valence-electron chi connectivity index (χ0n) is 31.1. The molecule has 0 spiro atoms. The van der Waals surface area contributed by atoms with Gasteiger partial charge in [-0.1, -0.05) is 40.0 Å². The van der Waals surface area contributed by atoms with E-state index in [0.29, 0.717) is 26.1 Å². The maximum atomic E-state index is 14.5. The quantitative estimate of drug-likeness (QED) is 0.178. The summed E-state index contributed by atoms with van der Waals surface area (Å²) in [5, 5.41) is 15.3. The van der Waals surface area contributed by atoms with Gasteiger partial charge in [0, 0.05) is 64.4 Å². The maximum absolute atomic E-state index is 14.5. The average Bonchev–Trinajstić information content (AvgIpc) is 3.07. The first-order valence-electron chi connectivity index (χ1n) is 19.2. The number of halogens is 2. The van der Waals surface area contributed by atoms with Gasteiger partial charge in [-0.15, -0.1) is 0 Å². The molecule has 290 valence electrons. The minimum absolute atomic E-state index is 0.00548. The first-order valence-corrected chi connectivity index (χ1v) is 20.7. The van der Waals surface area contributed by atoms with Gasteiger partial charge in [0.1, 0.15) is 12.3 Å². The van der Waals surface area contributed by atoms with Crippen molar-refractivity contribution in [2.45, 2.75) is 147 Å². The molecule has 0 radical (unpaired) electrons. The van der Waals surface area contributed by atoms with E-state index in [9.17, 15) is 36.7 Å². The van der Waals surface area contributed by atoms with E-state index in [1.165, 1.54) is 14.1 Å². The third-order valence-electron chi connectivity index (χ3n) is 10.8. The molecule has 3 amide bonds. The molecule has 50 heavy (non-hydrogen) atoms. The summed E-state index contributed by atoms with van der Waals surface area (Å²) in [6.07, 6.45) is 3.56. The van der Waals surface area contributed by atoms with E-state index in [-0.39, 0.29) is 69.2 Å². The highest BCUT2D eigenvalue weighted by molar-refractivity contribution is 7.89. The smallest absolute Gasteiger partial charge is 0.237 e. The van der Waals surface area contributed by atoms with Gasteiger partial charge in [0.25, 0.3) is 0 Å². The van der Waals surface area contributed by atoms with Crippen LogP contribution in [0.2, 0.25) is 0 Å². The second-order valence-electron chi connectivity index (χ2n) is 15.3. The van der Waals surface area contributed by atoms with Crippen LogP contribution >= 0.6 is 0 Å². The predicted octanol–water partition coefficient (Wildman–Crippen LogP) is 4.35. The minimum atomic E-state index is -3.80. The number of carbonyl (C=O) groups excluding carboxylic acids is 3. The molecule has 11 nitrogen and oxygen atoms in total. The van der Waals surface area contributed by atoms with Crippen LogP contribution in [-0.2, 0) is 24.4 Å². The number of carbonyl (C=O) groups is 3. The third-order valence-corrected chi connectivity index (χ3v) is 13.1. The molecule has 3 N–H and O–H groups in total. The number of amides is 3. The molecular weight excluding hydrogens is 668 g/mol. The van der Waals surface area contributed by atoms with Crippen LogP contribution in [0.15, 0.2) is 0 Å². The lowest BCUT2D eigenvalue weighted by Crippen LogP contribution is -2.55. The topological polar surface area (TPSA) is 139 Å². The van der Waals surface area contributed by atoms with Crippen molar-refractivity contribution in [2.75, 3.05) is 40.3 Å². The van der Waals surface area contributed by atoms with E-state index in [0.717, 1.165) is 49.3 Å². The molecule has 3 saturated carbocycles. The fraction of sp³-hybridized carbons (Fsp3) is 0.917. The van der Waals surface area contributed by atoms with Crippen LogP contribution < -0.4 is 10.7 Å². The summed E-state index contributed by atoms with van der Waals surface area (Å²) in [5.41, 5.74) is 2.98. The average molecular weight is 734 g/mol. The summed E-state index contributed by atoms with van der Waals surface area (Å²) < 4.78 is 56.9. The van der Waals surface area contributed by atoms with Gasteiger partial charge in [-0.05, 0) is 76.5 Å². The van der Waals surface area contributed by atoms with Crippen LogP contribution in [0.5, 0.6) is 0 Å². The molecule has 7 atom stereocenters. The number of aliphatic hydroxyl groups excluding tert-OH is 1. The van der Waals surface area contributed by atoms with Crippen molar-refractivity contribution in [1.29, 1.82) is 0 Å². The van der Waals surface area contributed by atoms with Crippen molar-refractivity contribution in [3.63, 3.8) is 0 Å². The lowest BCUT2D eigenvalue weighted by atomic mass is 9.79. The Morgan fingerprint density at radius 2 is 1.36 bits per heavy atom. The summed E-state index contributed by atoms with van der Waals surface area (Å²) in [7, 11) is -0.918. The minimum Gasteiger partial charge on any atom is -0.390 e. The molecule has 0 saturated heterocycles. The fourth-order valence-electron chi connectivity index (χ4n) is 8.24. The lowest BCUT2D eigenvalue weighted by molar-refractivity contribution is -0.139. The van der Waals surface area contributed by atoms with E-state index in [1.807, 2.05) is 20.8 Å². The van der Waals surface area contributed by atoms with Gasteiger partial charge in [0.2, 0.25) is 27.7 Å². The number of hydrogen-bond acceptors (Lipinski definition) is 7. The molecule has 0 heterocycles. The second kappa shape index (κ2) is 20.4. The van der Waals surface area contributed by atoms with Crippen LogP contribution in [0.25, 0.3) is 0 Å². The largest absolute Gasteiger partial charge is 0.390 e. The number of hydrogen-bond donors (Lipinski definition) is 3. The Morgan fingerprint density at radius 3 is 1.92 bits per heavy atom. The van der Waals surface area contributed by atoms with Crippen LogP contribution in [0.1, 0.15) is 117 Å². The first kappa shape index (κ1) is 42.5. The number of aliphatic hydroxyl groups is 1. The molecule has 0 aliphatic heterocycles. The number of nitrogens with one attached hydrogen (secondary N) is 2. The molecule has 0 aromatic heterocycles. The summed E-state index contributed by atoms with van der Waals surface area (Å²) in [5.74, 6) is -2.76. The van der Waals surface area contributed by atoms with E-state index in [1.54, 1.807) is 9.91 Å². The van der Waals surface area contributed by atoms with E-state index >= 15 is 0 Å². The number of sulfonamides is 1. The Morgan fingerprint density at radius 1 is 0.780 bits per heavy atom. The number of nitrogens with zero attached hydrogens (tertiary/aromatic N) is 3. The summed E-state index contributed by atoms with van der Waals surface area (Å²) in [4.78, 5) is 42.8. The van der Waals surface area contributed by atoms with Gasteiger partial charge in [-0.3, -0.25) is 19.8 Å². The van der Waals surface area contributed by atoms with Gasteiger partial charge in [-0.25, -0.2) is 26.5 Å². The molecule has 3 rings (SSSR count). The first-order chi connectivity index (χ1) is 23.7. The lowest BCUT2D eigenvalue weighted by Gasteiger charge is -2.38. The summed E-state index contributed by atoms with van der Waals surface area (Å²) in [6, 6.07) is -0.910. The Kier molecular flexibility index (Phi) is 17.3. The zero-order valence-corrected chi connectivity index (χ0v) is 31.9. The SMILES string of the molecule is CCCN(CC(O)C(CC1CC(F)CC(F)C1)NC(=O)C1CC(C(=O)N(CCC)CCC)CC(S(=O)(=O)N(C)C)C1)NC(=O)C1CCCCC1. The highest BCUT2D eigenvalue weighted by Crippen LogP contribution is 2.36. The molecule has 0 aromatic rings. The maximum Gasteiger partial charge on any atom is 0.237 e. The highest BCUT2D eigenvalue weighted by Gasteiger charge is 2.44. The molecule has 14 heteroatoms. The predicted molar refractivity (Wildman–Crippen MR) is 191 cm³/mol. The third kappa shape index (κ3) is 12.4. The molecule has 3 fully saturated rings. The monoisotopic (exact) mass is 733 g/mol. The molecule has 0 aromatic carbocycles. The van der Waals surface area contributed by atoms with Gasteiger partial charge in [0.15, 0.2) is 0 Å². The second-order valence-corrected chi connectivity index (χ2v) is 17.7. The number of hydrazine groups is 1. The molecule has 3 aliphatic rings. The van der Waals surface area contributed by atoms with Crippen molar-refractivity contribution < 1.29 is 36.7 Å². The van der Waals surface area contributed by atoms with Gasteiger partial charge >= 0.3 is 0 Å². The summed E-state index contributed by atoms with van der Waals surface area (Å²) >= 11 is 0. The molecule has 0 bridgehead atoms. The Labute approximate surface area is 299 Å². The molecular formula is C36H65F2N5O6S. The Balaban J connectivity index is 1.85.